The summed E-state index contributed by atoms with van der Waals surface area (Å²) in [6.45, 7) is 2.41. The van der Waals surface area contributed by atoms with Crippen LogP contribution in [0.2, 0.25) is 0 Å². The summed E-state index contributed by atoms with van der Waals surface area (Å²) in [5, 5.41) is 9.47. The van der Waals surface area contributed by atoms with Crippen LogP contribution in [0.5, 0.6) is 0 Å². The van der Waals surface area contributed by atoms with Crippen LogP contribution in [0.3, 0.4) is 0 Å². The van der Waals surface area contributed by atoms with E-state index in [4.69, 9.17) is 0 Å². The molecule has 1 atom stereocenters. The van der Waals surface area contributed by atoms with E-state index in [1.54, 1.807) is 19.4 Å². The second-order valence-corrected chi connectivity index (χ2v) is 3.29. The fourth-order valence-electron chi connectivity index (χ4n) is 1.30. The highest BCUT2D eigenvalue weighted by Gasteiger charge is 2.06. The predicted molar refractivity (Wildman–Crippen MR) is 50.6 cm³/mol. The van der Waals surface area contributed by atoms with Crippen molar-refractivity contribution in [1.82, 2.24) is 9.13 Å². The molecule has 0 aliphatic rings. The highest BCUT2D eigenvalue weighted by Crippen LogP contribution is 1.98. The molecule has 0 aliphatic carbocycles. The molecule has 0 amide bonds. The summed E-state index contributed by atoms with van der Waals surface area (Å²) in [5.41, 5.74) is -0.0739. The molecule has 1 heterocycles. The molecule has 74 valence electrons. The van der Waals surface area contributed by atoms with Gasteiger partial charge in [-0.1, -0.05) is 13.3 Å². The summed E-state index contributed by atoms with van der Waals surface area (Å²) in [6.07, 6.45) is 4.65. The number of hydrogen-bond donors (Lipinski definition) is 1. The second kappa shape index (κ2) is 4.28. The molecule has 0 saturated carbocycles. The minimum atomic E-state index is -0.412. The van der Waals surface area contributed by atoms with E-state index in [0.717, 1.165) is 12.8 Å². The first-order valence-corrected chi connectivity index (χ1v) is 4.55. The summed E-state index contributed by atoms with van der Waals surface area (Å²) >= 11 is 0. The van der Waals surface area contributed by atoms with Crippen molar-refractivity contribution < 1.29 is 5.11 Å². The number of aromatic nitrogens is 2. The van der Waals surface area contributed by atoms with E-state index < -0.39 is 6.10 Å². The molecule has 0 spiro atoms. The van der Waals surface area contributed by atoms with Gasteiger partial charge in [-0.25, -0.2) is 4.79 Å². The van der Waals surface area contributed by atoms with Crippen LogP contribution in [0.25, 0.3) is 0 Å². The highest BCUT2D eigenvalue weighted by molar-refractivity contribution is 4.80. The van der Waals surface area contributed by atoms with Gasteiger partial charge in [0.2, 0.25) is 0 Å². The molecule has 0 bridgehead atoms. The Kier molecular flexibility index (Phi) is 3.31. The predicted octanol–water partition coefficient (Wildman–Crippen LogP) is 0.348. The molecular formula is C9H16N2O2. The molecule has 4 nitrogen and oxygen atoms in total. The Hall–Kier alpha value is -1.03. The van der Waals surface area contributed by atoms with Crippen molar-refractivity contribution in [1.29, 1.82) is 0 Å². The van der Waals surface area contributed by atoms with Gasteiger partial charge in [-0.2, -0.15) is 0 Å². The van der Waals surface area contributed by atoms with Crippen LogP contribution >= 0.6 is 0 Å². The maximum Gasteiger partial charge on any atom is 0.327 e. The third-order valence-corrected chi connectivity index (χ3v) is 2.05. The van der Waals surface area contributed by atoms with Crippen molar-refractivity contribution in [3.05, 3.63) is 22.9 Å². The van der Waals surface area contributed by atoms with Crippen LogP contribution in [0.4, 0.5) is 0 Å². The fraction of sp³-hybridized carbons (Fsp3) is 0.667. The van der Waals surface area contributed by atoms with E-state index in [2.05, 4.69) is 0 Å². The number of aryl methyl sites for hydroxylation is 1. The summed E-state index contributed by atoms with van der Waals surface area (Å²) in [7, 11) is 1.70. The minimum absolute atomic E-state index is 0.0739. The van der Waals surface area contributed by atoms with Crippen LogP contribution in [0.1, 0.15) is 19.8 Å². The number of imidazole rings is 1. The SMILES string of the molecule is CCCC(O)Cn1ccn(C)c1=O. The van der Waals surface area contributed by atoms with Crippen LogP contribution < -0.4 is 5.69 Å². The number of aliphatic hydroxyl groups is 1. The van der Waals surface area contributed by atoms with Crippen molar-refractivity contribution in [3.8, 4) is 0 Å². The van der Waals surface area contributed by atoms with Gasteiger partial charge < -0.3 is 9.67 Å². The van der Waals surface area contributed by atoms with Crippen LogP contribution in [-0.4, -0.2) is 20.3 Å². The molecule has 1 aromatic heterocycles. The lowest BCUT2D eigenvalue weighted by Crippen LogP contribution is -2.27. The Bertz CT molecular complexity index is 314. The monoisotopic (exact) mass is 184 g/mol. The van der Waals surface area contributed by atoms with E-state index >= 15 is 0 Å². The summed E-state index contributed by atoms with van der Waals surface area (Å²) < 4.78 is 3.03. The molecule has 1 aromatic rings. The lowest BCUT2D eigenvalue weighted by Gasteiger charge is -2.08. The fourth-order valence-corrected chi connectivity index (χ4v) is 1.30. The van der Waals surface area contributed by atoms with Crippen molar-refractivity contribution in [3.63, 3.8) is 0 Å². The molecule has 1 rings (SSSR count). The van der Waals surface area contributed by atoms with Crippen LogP contribution in [0.15, 0.2) is 17.2 Å². The quantitative estimate of drug-likeness (QED) is 0.734. The molecule has 1 unspecified atom stereocenters. The maximum atomic E-state index is 11.3. The van der Waals surface area contributed by atoms with Crippen molar-refractivity contribution in [2.45, 2.75) is 32.4 Å². The lowest BCUT2D eigenvalue weighted by atomic mass is 10.2. The molecule has 0 fully saturated rings. The van der Waals surface area contributed by atoms with E-state index in [1.165, 1.54) is 9.13 Å². The first-order valence-electron chi connectivity index (χ1n) is 4.55. The molecular weight excluding hydrogens is 168 g/mol. The van der Waals surface area contributed by atoms with Gasteiger partial charge in [-0.05, 0) is 6.42 Å². The van der Waals surface area contributed by atoms with Crippen molar-refractivity contribution in [2.75, 3.05) is 0 Å². The normalized spacial score (nSPS) is 13.2. The summed E-state index contributed by atoms with van der Waals surface area (Å²) in [4.78, 5) is 11.3. The second-order valence-electron chi connectivity index (χ2n) is 3.29. The van der Waals surface area contributed by atoms with Crippen LogP contribution in [0, 0.1) is 0 Å². The summed E-state index contributed by atoms with van der Waals surface area (Å²) in [6, 6.07) is 0. The number of aliphatic hydroxyl groups excluding tert-OH is 1. The Morgan fingerprint density at radius 1 is 1.54 bits per heavy atom. The first kappa shape index (κ1) is 10.1. The Balaban J connectivity index is 2.64. The third-order valence-electron chi connectivity index (χ3n) is 2.05. The van der Waals surface area contributed by atoms with Gasteiger partial charge in [0.1, 0.15) is 0 Å². The van der Waals surface area contributed by atoms with Gasteiger partial charge in [0, 0.05) is 19.4 Å². The van der Waals surface area contributed by atoms with E-state index in [0.29, 0.717) is 6.54 Å². The molecule has 4 heteroatoms. The summed E-state index contributed by atoms with van der Waals surface area (Å²) in [5.74, 6) is 0. The molecule has 0 saturated heterocycles. The zero-order chi connectivity index (χ0) is 9.84. The maximum absolute atomic E-state index is 11.3. The molecule has 1 N–H and O–H groups in total. The molecule has 13 heavy (non-hydrogen) atoms. The highest BCUT2D eigenvalue weighted by atomic mass is 16.3. The Labute approximate surface area is 77.4 Å². The van der Waals surface area contributed by atoms with Crippen molar-refractivity contribution >= 4 is 0 Å². The standard InChI is InChI=1S/C9H16N2O2/c1-3-4-8(12)7-11-6-5-10(2)9(11)13/h5-6,8,12H,3-4,7H2,1-2H3. The van der Waals surface area contributed by atoms with Crippen molar-refractivity contribution in [2.24, 2.45) is 7.05 Å². The number of rotatable bonds is 4. The Morgan fingerprint density at radius 3 is 2.69 bits per heavy atom. The van der Waals surface area contributed by atoms with E-state index in [1.807, 2.05) is 6.92 Å². The first-order chi connectivity index (χ1) is 6.15. The Morgan fingerprint density at radius 2 is 2.23 bits per heavy atom. The van der Waals surface area contributed by atoms with E-state index in [-0.39, 0.29) is 5.69 Å². The number of hydrogen-bond acceptors (Lipinski definition) is 2. The largest absolute Gasteiger partial charge is 0.391 e. The zero-order valence-corrected chi connectivity index (χ0v) is 8.10. The van der Waals surface area contributed by atoms with Gasteiger partial charge in [-0.3, -0.25) is 4.57 Å². The smallest absolute Gasteiger partial charge is 0.327 e. The molecule has 0 radical (unpaired) electrons. The lowest BCUT2D eigenvalue weighted by molar-refractivity contribution is 0.142. The topological polar surface area (TPSA) is 47.2 Å². The van der Waals surface area contributed by atoms with Gasteiger partial charge in [-0.15, -0.1) is 0 Å². The van der Waals surface area contributed by atoms with Gasteiger partial charge in [0.05, 0.1) is 12.6 Å². The third kappa shape index (κ3) is 2.45. The molecule has 0 aliphatic heterocycles. The van der Waals surface area contributed by atoms with Gasteiger partial charge in [0.25, 0.3) is 0 Å². The van der Waals surface area contributed by atoms with Crippen LogP contribution in [-0.2, 0) is 13.6 Å². The van der Waals surface area contributed by atoms with Gasteiger partial charge >= 0.3 is 5.69 Å². The average Bonchev–Trinajstić information content (AvgIpc) is 2.37. The zero-order valence-electron chi connectivity index (χ0n) is 8.10. The van der Waals surface area contributed by atoms with Gasteiger partial charge in [0.15, 0.2) is 0 Å². The molecule has 0 aromatic carbocycles. The number of nitrogens with zero attached hydrogens (tertiary/aromatic N) is 2. The van der Waals surface area contributed by atoms with E-state index in [9.17, 15) is 9.90 Å². The average molecular weight is 184 g/mol. The minimum Gasteiger partial charge on any atom is -0.391 e.